The third-order valence-electron chi connectivity index (χ3n) is 3.46. The molecule has 1 aromatic heterocycles. The number of benzene rings is 2. The lowest BCUT2D eigenvalue weighted by molar-refractivity contribution is 0.102. The molecule has 0 spiro atoms. The summed E-state index contributed by atoms with van der Waals surface area (Å²) in [5.74, 6) is 1.14. The van der Waals surface area contributed by atoms with Gasteiger partial charge in [0.15, 0.2) is 5.13 Å². The Labute approximate surface area is 149 Å². The van der Waals surface area contributed by atoms with Gasteiger partial charge >= 0.3 is 0 Å². The molecule has 130 valence electrons. The maximum atomic E-state index is 12.5. The summed E-state index contributed by atoms with van der Waals surface area (Å²) >= 11 is 1.36. The summed E-state index contributed by atoms with van der Waals surface area (Å²) in [6.45, 7) is 4.90. The minimum atomic E-state index is -0.206. The van der Waals surface area contributed by atoms with E-state index in [0.29, 0.717) is 40.9 Å². The maximum Gasteiger partial charge on any atom is 0.255 e. The molecule has 3 aromatic rings. The fourth-order valence-electron chi connectivity index (χ4n) is 2.43. The highest BCUT2D eigenvalue weighted by Crippen LogP contribution is 2.34. The number of ether oxygens (including phenoxy) is 2. The molecule has 0 aliphatic carbocycles. The minimum Gasteiger partial charge on any atom is -0.494 e. The third kappa shape index (κ3) is 3.83. The van der Waals surface area contributed by atoms with Crippen molar-refractivity contribution in [2.75, 3.05) is 24.3 Å². The molecular formula is C18H19N3O3S. The number of nitrogen functional groups attached to an aromatic ring is 1. The second kappa shape index (κ2) is 7.40. The van der Waals surface area contributed by atoms with E-state index in [2.05, 4.69) is 10.3 Å². The lowest BCUT2D eigenvalue weighted by Gasteiger charge is -2.09. The van der Waals surface area contributed by atoms with Crippen molar-refractivity contribution in [2.45, 2.75) is 13.8 Å². The van der Waals surface area contributed by atoms with Crippen LogP contribution in [0, 0.1) is 0 Å². The summed E-state index contributed by atoms with van der Waals surface area (Å²) in [6.07, 6.45) is 0. The van der Waals surface area contributed by atoms with Crippen LogP contribution in [0.15, 0.2) is 36.4 Å². The Morgan fingerprint density at radius 2 is 1.88 bits per heavy atom. The number of hydrogen-bond donors (Lipinski definition) is 2. The van der Waals surface area contributed by atoms with Gasteiger partial charge in [0, 0.05) is 17.3 Å². The first-order valence-corrected chi connectivity index (χ1v) is 8.79. The van der Waals surface area contributed by atoms with E-state index in [1.165, 1.54) is 11.3 Å². The predicted octanol–water partition coefficient (Wildman–Crippen LogP) is 3.93. The molecule has 25 heavy (non-hydrogen) atoms. The highest BCUT2D eigenvalue weighted by Gasteiger charge is 2.13. The van der Waals surface area contributed by atoms with Gasteiger partial charge in [-0.15, -0.1) is 0 Å². The average molecular weight is 357 g/mol. The highest BCUT2D eigenvalue weighted by molar-refractivity contribution is 7.22. The second-order valence-corrected chi connectivity index (χ2v) is 6.28. The number of aromatic nitrogens is 1. The molecule has 3 N–H and O–H groups in total. The standard InChI is InChI=1S/C18H19N3O3S/c1-3-23-13-7-5-11(6-8-13)17(22)20-12-9-14(24-4-2)16-15(10-12)25-18(19)21-16/h5-10H,3-4H2,1-2H3,(H2,19,21)(H,20,22). The van der Waals surface area contributed by atoms with Gasteiger partial charge in [-0.3, -0.25) is 4.79 Å². The van der Waals surface area contributed by atoms with Crippen LogP contribution in [-0.4, -0.2) is 24.1 Å². The fraction of sp³-hybridized carbons (Fsp3) is 0.222. The summed E-state index contributed by atoms with van der Waals surface area (Å²) in [4.78, 5) is 16.7. The van der Waals surface area contributed by atoms with Gasteiger partial charge in [-0.1, -0.05) is 11.3 Å². The van der Waals surface area contributed by atoms with E-state index in [1.807, 2.05) is 19.9 Å². The number of nitrogens with two attached hydrogens (primary N) is 1. The molecule has 0 unspecified atom stereocenters. The predicted molar refractivity (Wildman–Crippen MR) is 101 cm³/mol. The molecule has 0 saturated heterocycles. The van der Waals surface area contributed by atoms with E-state index in [0.717, 1.165) is 10.4 Å². The van der Waals surface area contributed by atoms with Gasteiger partial charge in [0.2, 0.25) is 0 Å². The lowest BCUT2D eigenvalue weighted by atomic mass is 10.2. The Morgan fingerprint density at radius 1 is 1.16 bits per heavy atom. The molecule has 0 aliphatic rings. The van der Waals surface area contributed by atoms with Gasteiger partial charge < -0.3 is 20.5 Å². The van der Waals surface area contributed by atoms with Crippen LogP contribution in [-0.2, 0) is 0 Å². The topological polar surface area (TPSA) is 86.5 Å². The monoisotopic (exact) mass is 357 g/mol. The molecule has 0 saturated carbocycles. The van der Waals surface area contributed by atoms with Crippen LogP contribution < -0.4 is 20.5 Å². The third-order valence-corrected chi connectivity index (χ3v) is 4.29. The maximum absolute atomic E-state index is 12.5. The van der Waals surface area contributed by atoms with Crippen LogP contribution in [0.1, 0.15) is 24.2 Å². The quantitative estimate of drug-likeness (QED) is 0.698. The highest BCUT2D eigenvalue weighted by atomic mass is 32.1. The van der Waals surface area contributed by atoms with E-state index in [9.17, 15) is 4.79 Å². The number of thiazole rings is 1. The second-order valence-electron chi connectivity index (χ2n) is 5.22. The Morgan fingerprint density at radius 3 is 2.56 bits per heavy atom. The van der Waals surface area contributed by atoms with Crippen molar-refractivity contribution >= 4 is 38.3 Å². The molecule has 1 amide bonds. The number of nitrogens with one attached hydrogen (secondary N) is 1. The van der Waals surface area contributed by atoms with Gasteiger partial charge in [-0.2, -0.15) is 0 Å². The SMILES string of the molecule is CCOc1ccc(C(=O)Nc2cc(OCC)c3nc(N)sc3c2)cc1. The first kappa shape index (κ1) is 17.0. The van der Waals surface area contributed by atoms with Crippen LogP contribution >= 0.6 is 11.3 Å². The van der Waals surface area contributed by atoms with Gasteiger partial charge in [-0.05, 0) is 44.2 Å². The van der Waals surface area contributed by atoms with Crippen LogP contribution in [0.3, 0.4) is 0 Å². The van der Waals surface area contributed by atoms with E-state index < -0.39 is 0 Å². The number of anilines is 2. The van der Waals surface area contributed by atoms with E-state index >= 15 is 0 Å². The summed E-state index contributed by atoms with van der Waals surface area (Å²) < 4.78 is 11.9. The number of hydrogen-bond acceptors (Lipinski definition) is 6. The number of amides is 1. The zero-order valence-electron chi connectivity index (χ0n) is 14.0. The molecule has 7 heteroatoms. The molecule has 2 aromatic carbocycles. The van der Waals surface area contributed by atoms with Gasteiger partial charge in [-0.25, -0.2) is 4.98 Å². The van der Waals surface area contributed by atoms with Gasteiger partial charge in [0.25, 0.3) is 5.91 Å². The molecule has 0 radical (unpaired) electrons. The van der Waals surface area contributed by atoms with Crippen LogP contribution in [0.25, 0.3) is 10.2 Å². The summed E-state index contributed by atoms with van der Waals surface area (Å²) in [5.41, 5.74) is 7.69. The Hall–Kier alpha value is -2.80. The van der Waals surface area contributed by atoms with E-state index in [-0.39, 0.29) is 5.91 Å². The van der Waals surface area contributed by atoms with E-state index in [4.69, 9.17) is 15.2 Å². The first-order valence-electron chi connectivity index (χ1n) is 7.97. The molecule has 0 fully saturated rings. The number of carbonyl (C=O) groups excluding carboxylic acids is 1. The summed E-state index contributed by atoms with van der Waals surface area (Å²) in [7, 11) is 0. The van der Waals surface area contributed by atoms with Crippen molar-refractivity contribution in [1.82, 2.24) is 4.98 Å². The minimum absolute atomic E-state index is 0.206. The summed E-state index contributed by atoms with van der Waals surface area (Å²) in [6, 6.07) is 10.6. The Balaban J connectivity index is 1.85. The van der Waals surface area contributed by atoms with Crippen molar-refractivity contribution < 1.29 is 14.3 Å². The first-order chi connectivity index (χ1) is 12.1. The Bertz CT molecular complexity index is 890. The van der Waals surface area contributed by atoms with E-state index in [1.54, 1.807) is 30.3 Å². The van der Waals surface area contributed by atoms with Crippen LogP contribution in [0.4, 0.5) is 10.8 Å². The van der Waals surface area contributed by atoms with Crippen molar-refractivity contribution in [3.05, 3.63) is 42.0 Å². The van der Waals surface area contributed by atoms with Crippen LogP contribution in [0.2, 0.25) is 0 Å². The zero-order chi connectivity index (χ0) is 17.8. The zero-order valence-corrected chi connectivity index (χ0v) is 14.9. The molecule has 0 aliphatic heterocycles. The number of nitrogens with zero attached hydrogens (tertiary/aromatic N) is 1. The van der Waals surface area contributed by atoms with Crippen molar-refractivity contribution in [3.8, 4) is 11.5 Å². The number of rotatable bonds is 6. The molecule has 3 rings (SSSR count). The normalized spacial score (nSPS) is 10.6. The average Bonchev–Trinajstić information content (AvgIpc) is 2.96. The largest absolute Gasteiger partial charge is 0.494 e. The number of carbonyl (C=O) groups is 1. The van der Waals surface area contributed by atoms with Gasteiger partial charge in [0.1, 0.15) is 17.0 Å². The molecule has 0 atom stereocenters. The van der Waals surface area contributed by atoms with Crippen molar-refractivity contribution in [3.63, 3.8) is 0 Å². The smallest absolute Gasteiger partial charge is 0.255 e. The molecule has 0 bridgehead atoms. The van der Waals surface area contributed by atoms with Crippen LogP contribution in [0.5, 0.6) is 11.5 Å². The lowest BCUT2D eigenvalue weighted by Crippen LogP contribution is -2.12. The Kier molecular flexibility index (Phi) is 5.04. The molecular weight excluding hydrogens is 338 g/mol. The molecule has 6 nitrogen and oxygen atoms in total. The fourth-order valence-corrected chi connectivity index (χ4v) is 3.22. The summed E-state index contributed by atoms with van der Waals surface area (Å²) in [5, 5.41) is 3.35. The van der Waals surface area contributed by atoms with Gasteiger partial charge in [0.05, 0.1) is 17.9 Å². The number of fused-ring (bicyclic) bond motifs is 1. The van der Waals surface area contributed by atoms with Crippen molar-refractivity contribution in [1.29, 1.82) is 0 Å². The molecule has 1 heterocycles. The van der Waals surface area contributed by atoms with Crippen molar-refractivity contribution in [2.24, 2.45) is 0 Å².